The second-order valence-electron chi connectivity index (χ2n) is 6.15. The summed E-state index contributed by atoms with van der Waals surface area (Å²) < 4.78 is 31.4. The molecule has 0 radical (unpaired) electrons. The van der Waals surface area contributed by atoms with E-state index in [9.17, 15) is 23.1 Å². The zero-order valence-corrected chi connectivity index (χ0v) is 16.3. The Kier molecular flexibility index (Phi) is 7.13. The Labute approximate surface area is 163 Å². The van der Waals surface area contributed by atoms with Gasteiger partial charge in [0.2, 0.25) is 15.9 Å². The third-order valence-corrected chi connectivity index (χ3v) is 5.37. The van der Waals surface area contributed by atoms with E-state index in [1.54, 1.807) is 24.3 Å². The first-order valence-electron chi connectivity index (χ1n) is 8.42. The van der Waals surface area contributed by atoms with Gasteiger partial charge in [-0.25, -0.2) is 17.9 Å². The summed E-state index contributed by atoms with van der Waals surface area (Å²) in [6, 6.07) is 11.3. The van der Waals surface area contributed by atoms with Crippen molar-refractivity contribution in [3.05, 3.63) is 59.7 Å². The molecule has 0 aliphatic carbocycles. The number of methoxy groups -OCH3 is 1. The predicted molar refractivity (Wildman–Crippen MR) is 102 cm³/mol. The molecule has 2 rings (SSSR count). The highest BCUT2D eigenvalue weighted by molar-refractivity contribution is 7.89. The topological polar surface area (TPSA) is 122 Å². The number of amides is 1. The standard InChI is InChI=1S/C19H22N2O6S/c1-13-3-9-16(10-4-13)28(25,26)20-12-18(23)21-17(19(24)27-2)11-14-5-7-15(22)8-6-14/h3-10,17,20,22H,11-12H2,1-2H3,(H,21,23)/t17-/m0/s1. The van der Waals surface area contributed by atoms with Gasteiger partial charge in [0.1, 0.15) is 11.8 Å². The largest absolute Gasteiger partial charge is 0.508 e. The van der Waals surface area contributed by atoms with Crippen molar-refractivity contribution in [2.24, 2.45) is 0 Å². The van der Waals surface area contributed by atoms with Crippen LogP contribution in [-0.4, -0.2) is 45.1 Å². The number of carbonyl (C=O) groups excluding carboxylic acids is 2. The number of sulfonamides is 1. The molecule has 2 aromatic carbocycles. The lowest BCUT2D eigenvalue weighted by Gasteiger charge is -2.17. The zero-order chi connectivity index (χ0) is 20.7. The number of phenols is 1. The molecule has 0 bridgehead atoms. The molecule has 0 fully saturated rings. The van der Waals surface area contributed by atoms with E-state index in [2.05, 4.69) is 10.0 Å². The molecule has 0 unspecified atom stereocenters. The number of phenolic OH excluding ortho intramolecular Hbond substituents is 1. The predicted octanol–water partition coefficient (Wildman–Crippen LogP) is 0.879. The average molecular weight is 406 g/mol. The van der Waals surface area contributed by atoms with Crippen molar-refractivity contribution in [1.82, 2.24) is 10.0 Å². The van der Waals surface area contributed by atoms with Gasteiger partial charge in [0.05, 0.1) is 18.6 Å². The van der Waals surface area contributed by atoms with Crippen LogP contribution in [0, 0.1) is 6.92 Å². The Balaban J connectivity index is 1.99. The van der Waals surface area contributed by atoms with Crippen molar-refractivity contribution in [2.45, 2.75) is 24.3 Å². The number of aromatic hydroxyl groups is 1. The lowest BCUT2D eigenvalue weighted by Crippen LogP contribution is -2.47. The third kappa shape index (κ3) is 6.07. The quantitative estimate of drug-likeness (QED) is 0.560. The van der Waals surface area contributed by atoms with Crippen LogP contribution in [0.4, 0.5) is 0 Å². The van der Waals surface area contributed by atoms with Crippen molar-refractivity contribution < 1.29 is 27.9 Å². The Morgan fingerprint density at radius 3 is 2.25 bits per heavy atom. The molecule has 150 valence electrons. The van der Waals surface area contributed by atoms with E-state index in [1.807, 2.05) is 6.92 Å². The number of ether oxygens (including phenoxy) is 1. The van der Waals surface area contributed by atoms with E-state index in [4.69, 9.17) is 4.74 Å². The van der Waals surface area contributed by atoms with Gasteiger partial charge in [0, 0.05) is 6.42 Å². The molecule has 9 heteroatoms. The number of aryl methyl sites for hydroxylation is 1. The Morgan fingerprint density at radius 2 is 1.68 bits per heavy atom. The number of rotatable bonds is 8. The lowest BCUT2D eigenvalue weighted by molar-refractivity contribution is -0.144. The third-order valence-electron chi connectivity index (χ3n) is 3.95. The smallest absolute Gasteiger partial charge is 0.328 e. The Morgan fingerprint density at radius 1 is 1.07 bits per heavy atom. The summed E-state index contributed by atoms with van der Waals surface area (Å²) in [5.74, 6) is -1.26. The summed E-state index contributed by atoms with van der Waals surface area (Å²) in [6.45, 7) is 1.30. The number of carbonyl (C=O) groups is 2. The first kappa shape index (κ1) is 21.4. The van der Waals surface area contributed by atoms with Crippen molar-refractivity contribution >= 4 is 21.9 Å². The van der Waals surface area contributed by atoms with Crippen LogP contribution < -0.4 is 10.0 Å². The second kappa shape index (κ2) is 9.34. The van der Waals surface area contributed by atoms with Gasteiger partial charge < -0.3 is 15.2 Å². The maximum absolute atomic E-state index is 12.2. The summed E-state index contributed by atoms with van der Waals surface area (Å²) >= 11 is 0. The van der Waals surface area contributed by atoms with E-state index in [0.29, 0.717) is 5.56 Å². The van der Waals surface area contributed by atoms with Gasteiger partial charge in [-0.05, 0) is 36.8 Å². The normalized spacial score (nSPS) is 12.2. The molecular weight excluding hydrogens is 384 g/mol. The summed E-state index contributed by atoms with van der Waals surface area (Å²) in [4.78, 5) is 24.2. The molecule has 0 spiro atoms. The van der Waals surface area contributed by atoms with E-state index in [-0.39, 0.29) is 17.1 Å². The molecule has 1 amide bonds. The molecule has 3 N–H and O–H groups in total. The van der Waals surface area contributed by atoms with Crippen LogP contribution in [0.25, 0.3) is 0 Å². The molecule has 2 aromatic rings. The van der Waals surface area contributed by atoms with Crippen LogP contribution in [-0.2, 0) is 30.8 Å². The number of esters is 1. The number of benzene rings is 2. The van der Waals surface area contributed by atoms with Crippen LogP contribution in [0.2, 0.25) is 0 Å². The molecule has 0 aliphatic rings. The van der Waals surface area contributed by atoms with Gasteiger partial charge in [-0.15, -0.1) is 0 Å². The second-order valence-corrected chi connectivity index (χ2v) is 7.92. The van der Waals surface area contributed by atoms with E-state index in [1.165, 1.54) is 31.4 Å². The molecule has 1 atom stereocenters. The summed E-state index contributed by atoms with van der Waals surface area (Å²) in [6.07, 6.45) is 0.128. The van der Waals surface area contributed by atoms with Gasteiger partial charge >= 0.3 is 5.97 Å². The van der Waals surface area contributed by atoms with Crippen molar-refractivity contribution in [3.8, 4) is 5.75 Å². The Hall–Kier alpha value is -2.91. The monoisotopic (exact) mass is 406 g/mol. The number of hydrogen-bond donors (Lipinski definition) is 3. The van der Waals surface area contributed by atoms with Crippen LogP contribution >= 0.6 is 0 Å². The van der Waals surface area contributed by atoms with Crippen molar-refractivity contribution in [1.29, 1.82) is 0 Å². The first-order chi connectivity index (χ1) is 13.2. The highest BCUT2D eigenvalue weighted by Crippen LogP contribution is 2.12. The average Bonchev–Trinajstić information content (AvgIpc) is 2.67. The van der Waals surface area contributed by atoms with Crippen LogP contribution in [0.15, 0.2) is 53.4 Å². The molecule has 0 aliphatic heterocycles. The molecular formula is C19H22N2O6S. The fraction of sp³-hybridized carbons (Fsp3) is 0.263. The van der Waals surface area contributed by atoms with Gasteiger partial charge in [-0.2, -0.15) is 0 Å². The van der Waals surface area contributed by atoms with Gasteiger partial charge in [-0.1, -0.05) is 29.8 Å². The maximum Gasteiger partial charge on any atom is 0.328 e. The molecule has 0 heterocycles. The molecule has 0 aromatic heterocycles. The molecule has 28 heavy (non-hydrogen) atoms. The van der Waals surface area contributed by atoms with Gasteiger partial charge in [0.25, 0.3) is 0 Å². The summed E-state index contributed by atoms with van der Waals surface area (Å²) in [5, 5.41) is 11.8. The highest BCUT2D eigenvalue weighted by atomic mass is 32.2. The first-order valence-corrected chi connectivity index (χ1v) is 9.91. The minimum atomic E-state index is -3.85. The Bertz CT molecular complexity index is 924. The molecule has 8 nitrogen and oxygen atoms in total. The van der Waals surface area contributed by atoms with Crippen LogP contribution in [0.3, 0.4) is 0 Å². The molecule has 0 saturated heterocycles. The minimum Gasteiger partial charge on any atom is -0.508 e. The zero-order valence-electron chi connectivity index (χ0n) is 15.5. The van der Waals surface area contributed by atoms with Gasteiger partial charge in [-0.3, -0.25) is 4.79 Å². The number of hydrogen-bond acceptors (Lipinski definition) is 6. The fourth-order valence-electron chi connectivity index (χ4n) is 2.41. The van der Waals surface area contributed by atoms with E-state index < -0.39 is 34.5 Å². The van der Waals surface area contributed by atoms with Gasteiger partial charge in [0.15, 0.2) is 0 Å². The number of nitrogens with one attached hydrogen (secondary N) is 2. The summed E-state index contributed by atoms with van der Waals surface area (Å²) in [7, 11) is -2.66. The minimum absolute atomic E-state index is 0.0412. The van der Waals surface area contributed by atoms with E-state index >= 15 is 0 Å². The molecule has 0 saturated carbocycles. The SMILES string of the molecule is COC(=O)[C@H](Cc1ccc(O)cc1)NC(=O)CNS(=O)(=O)c1ccc(C)cc1. The summed E-state index contributed by atoms with van der Waals surface area (Å²) in [5.41, 5.74) is 1.60. The lowest BCUT2D eigenvalue weighted by atomic mass is 10.1. The van der Waals surface area contributed by atoms with Crippen molar-refractivity contribution in [3.63, 3.8) is 0 Å². The highest BCUT2D eigenvalue weighted by Gasteiger charge is 2.23. The fourth-order valence-corrected chi connectivity index (χ4v) is 3.39. The van der Waals surface area contributed by atoms with Crippen molar-refractivity contribution in [2.75, 3.05) is 13.7 Å². The maximum atomic E-state index is 12.2. The van der Waals surface area contributed by atoms with Crippen LogP contribution in [0.1, 0.15) is 11.1 Å². The van der Waals surface area contributed by atoms with Crippen LogP contribution in [0.5, 0.6) is 5.75 Å². The van der Waals surface area contributed by atoms with E-state index in [0.717, 1.165) is 5.56 Å².